The van der Waals surface area contributed by atoms with Gasteiger partial charge in [0.2, 0.25) is 10.0 Å². The van der Waals surface area contributed by atoms with Gasteiger partial charge in [0.15, 0.2) is 5.82 Å². The Labute approximate surface area is 164 Å². The number of carbonyl (C=O) groups excluding carboxylic acids is 1. The van der Waals surface area contributed by atoms with Gasteiger partial charge in [0.25, 0.3) is 5.91 Å². The highest BCUT2D eigenvalue weighted by atomic mass is 32.2. The fourth-order valence-corrected chi connectivity index (χ4v) is 5.19. The number of hydrogen-bond acceptors (Lipinski definition) is 6. The van der Waals surface area contributed by atoms with E-state index in [1.165, 1.54) is 10.6 Å². The van der Waals surface area contributed by atoms with Crippen molar-refractivity contribution in [2.75, 3.05) is 25.9 Å². The predicted molar refractivity (Wildman–Crippen MR) is 101 cm³/mol. The summed E-state index contributed by atoms with van der Waals surface area (Å²) in [5.74, 6) is 1.44. The number of aryl methyl sites for hydroxylation is 1. The fraction of sp³-hybridized carbons (Fsp3) is 0.647. The van der Waals surface area contributed by atoms with Crippen LogP contribution in [0.4, 0.5) is 0 Å². The van der Waals surface area contributed by atoms with Gasteiger partial charge in [-0.2, -0.15) is 9.40 Å². The zero-order chi connectivity index (χ0) is 19.9. The van der Waals surface area contributed by atoms with E-state index in [0.29, 0.717) is 44.0 Å². The maximum Gasteiger partial charge on any atom is 0.257 e. The van der Waals surface area contributed by atoms with Gasteiger partial charge in [-0.1, -0.05) is 6.42 Å². The van der Waals surface area contributed by atoms with E-state index < -0.39 is 10.0 Å². The average molecular weight is 408 g/mol. The van der Waals surface area contributed by atoms with Crippen molar-refractivity contribution in [1.82, 2.24) is 33.8 Å². The summed E-state index contributed by atoms with van der Waals surface area (Å²) in [6.07, 6.45) is 7.69. The third-order valence-corrected chi connectivity index (χ3v) is 6.76. The van der Waals surface area contributed by atoms with E-state index in [2.05, 4.69) is 15.3 Å². The Morgan fingerprint density at radius 1 is 1.14 bits per heavy atom. The van der Waals surface area contributed by atoms with Crippen LogP contribution < -0.4 is 0 Å². The molecular weight excluding hydrogens is 382 g/mol. The molecule has 1 unspecified atom stereocenters. The largest absolute Gasteiger partial charge is 0.336 e. The van der Waals surface area contributed by atoms with Crippen molar-refractivity contribution in [1.29, 1.82) is 0 Å². The van der Waals surface area contributed by atoms with E-state index in [4.69, 9.17) is 0 Å². The van der Waals surface area contributed by atoms with Gasteiger partial charge < -0.3 is 9.47 Å². The number of nitrogens with zero attached hydrogens (tertiary/aromatic N) is 7. The zero-order valence-electron chi connectivity index (χ0n) is 16.2. The number of rotatable bonds is 3. The van der Waals surface area contributed by atoms with Crippen LogP contribution in [0, 0.1) is 0 Å². The van der Waals surface area contributed by atoms with Crippen molar-refractivity contribution in [3.05, 3.63) is 29.6 Å². The van der Waals surface area contributed by atoms with Gasteiger partial charge >= 0.3 is 0 Å². The third kappa shape index (κ3) is 3.55. The summed E-state index contributed by atoms with van der Waals surface area (Å²) in [6.45, 7) is 2.14. The highest BCUT2D eigenvalue weighted by Gasteiger charge is 2.35. The lowest BCUT2D eigenvalue weighted by molar-refractivity contribution is 0.0758. The summed E-state index contributed by atoms with van der Waals surface area (Å²) in [7, 11) is -1.53. The van der Waals surface area contributed by atoms with Gasteiger partial charge in [0.05, 0.1) is 24.1 Å². The van der Waals surface area contributed by atoms with Gasteiger partial charge in [0, 0.05) is 45.8 Å². The fourth-order valence-electron chi connectivity index (χ4n) is 4.07. The number of fused-ring (bicyclic) bond motifs is 1. The Bertz CT molecular complexity index is 981. The lowest BCUT2D eigenvalue weighted by Gasteiger charge is -2.33. The lowest BCUT2D eigenvalue weighted by atomic mass is 10.0. The van der Waals surface area contributed by atoms with Crippen LogP contribution in [-0.2, 0) is 30.0 Å². The van der Waals surface area contributed by atoms with E-state index in [1.54, 1.807) is 29.0 Å². The van der Waals surface area contributed by atoms with Gasteiger partial charge in [0.1, 0.15) is 5.82 Å². The first-order valence-electron chi connectivity index (χ1n) is 9.51. The van der Waals surface area contributed by atoms with Crippen molar-refractivity contribution >= 4 is 15.9 Å². The summed E-state index contributed by atoms with van der Waals surface area (Å²) < 4.78 is 29.6. The van der Waals surface area contributed by atoms with E-state index in [-0.39, 0.29) is 11.9 Å². The number of hydrogen-bond donors (Lipinski definition) is 0. The standard InChI is InChI=1S/C17H25N7O3S/c1-21-12-13(11-18-21)17(25)22-8-6-15-19-20-16(23(15)10-9-22)14-5-3-4-7-24(14)28(2,26)27/h11-12,14H,3-10H2,1-2H3. The minimum atomic E-state index is -3.32. The van der Waals surface area contributed by atoms with Crippen LogP contribution in [0.1, 0.15) is 47.3 Å². The van der Waals surface area contributed by atoms with Crippen LogP contribution in [-0.4, -0.2) is 74.0 Å². The monoisotopic (exact) mass is 407 g/mol. The van der Waals surface area contributed by atoms with E-state index in [1.807, 2.05) is 4.57 Å². The maximum atomic E-state index is 12.7. The van der Waals surface area contributed by atoms with E-state index >= 15 is 0 Å². The number of amides is 1. The molecule has 28 heavy (non-hydrogen) atoms. The van der Waals surface area contributed by atoms with Crippen molar-refractivity contribution < 1.29 is 13.2 Å². The van der Waals surface area contributed by atoms with Crippen LogP contribution >= 0.6 is 0 Å². The Morgan fingerprint density at radius 3 is 2.68 bits per heavy atom. The predicted octanol–water partition coefficient (Wildman–Crippen LogP) is 0.197. The maximum absolute atomic E-state index is 12.7. The van der Waals surface area contributed by atoms with Crippen LogP contribution in [0.25, 0.3) is 0 Å². The molecule has 0 saturated carbocycles. The number of piperidine rings is 1. The Balaban J connectivity index is 1.56. The second-order valence-corrected chi connectivity index (χ2v) is 9.39. The van der Waals surface area contributed by atoms with Crippen LogP contribution in [0.3, 0.4) is 0 Å². The van der Waals surface area contributed by atoms with E-state index in [9.17, 15) is 13.2 Å². The minimum Gasteiger partial charge on any atom is -0.336 e. The molecule has 2 aliphatic heterocycles. The Morgan fingerprint density at radius 2 is 1.96 bits per heavy atom. The minimum absolute atomic E-state index is 0.0520. The third-order valence-electron chi connectivity index (χ3n) is 5.47. The summed E-state index contributed by atoms with van der Waals surface area (Å²) in [6, 6.07) is -0.287. The van der Waals surface area contributed by atoms with Crippen molar-refractivity contribution in [2.24, 2.45) is 7.05 Å². The first-order chi connectivity index (χ1) is 13.3. The van der Waals surface area contributed by atoms with E-state index in [0.717, 1.165) is 25.1 Å². The molecule has 0 aromatic carbocycles. The first-order valence-corrected chi connectivity index (χ1v) is 11.4. The molecule has 2 aromatic heterocycles. The quantitative estimate of drug-likeness (QED) is 0.719. The molecule has 1 saturated heterocycles. The second kappa shape index (κ2) is 7.28. The number of carbonyl (C=O) groups is 1. The molecular formula is C17H25N7O3S. The summed E-state index contributed by atoms with van der Waals surface area (Å²) in [5.41, 5.74) is 0.566. The average Bonchev–Trinajstić information content (AvgIpc) is 3.21. The SMILES string of the molecule is Cn1cc(C(=O)N2CCc3nnc(C4CCCCN4S(C)(=O)=O)n3CC2)cn1. The van der Waals surface area contributed by atoms with Gasteiger partial charge in [-0.05, 0) is 12.8 Å². The molecule has 4 heterocycles. The van der Waals surface area contributed by atoms with Crippen molar-refractivity contribution in [3.8, 4) is 0 Å². The van der Waals surface area contributed by atoms with Crippen LogP contribution in [0.15, 0.2) is 12.4 Å². The molecule has 4 rings (SSSR count). The van der Waals surface area contributed by atoms with Crippen LogP contribution in [0.5, 0.6) is 0 Å². The molecule has 152 valence electrons. The van der Waals surface area contributed by atoms with Gasteiger partial charge in [-0.25, -0.2) is 8.42 Å². The summed E-state index contributed by atoms with van der Waals surface area (Å²) in [5, 5.41) is 12.7. The van der Waals surface area contributed by atoms with Gasteiger partial charge in [-0.15, -0.1) is 10.2 Å². The first kappa shape index (κ1) is 19.1. The zero-order valence-corrected chi connectivity index (χ0v) is 17.0. The lowest BCUT2D eigenvalue weighted by Crippen LogP contribution is -2.39. The number of sulfonamides is 1. The van der Waals surface area contributed by atoms with Crippen LogP contribution in [0.2, 0.25) is 0 Å². The Hall–Kier alpha value is -2.27. The molecule has 1 atom stereocenters. The molecule has 11 heteroatoms. The van der Waals surface area contributed by atoms with Crippen molar-refractivity contribution in [2.45, 2.75) is 38.3 Å². The molecule has 0 bridgehead atoms. The highest BCUT2D eigenvalue weighted by Crippen LogP contribution is 2.32. The molecule has 0 aliphatic carbocycles. The Kier molecular flexibility index (Phi) is 4.96. The smallest absolute Gasteiger partial charge is 0.257 e. The molecule has 2 aromatic rings. The molecule has 0 spiro atoms. The topological polar surface area (TPSA) is 106 Å². The highest BCUT2D eigenvalue weighted by molar-refractivity contribution is 7.88. The molecule has 1 fully saturated rings. The molecule has 2 aliphatic rings. The summed E-state index contributed by atoms with van der Waals surface area (Å²) in [4.78, 5) is 14.5. The molecule has 10 nitrogen and oxygen atoms in total. The summed E-state index contributed by atoms with van der Waals surface area (Å²) >= 11 is 0. The molecule has 0 radical (unpaired) electrons. The molecule has 1 amide bonds. The second-order valence-electron chi connectivity index (χ2n) is 7.46. The molecule has 0 N–H and O–H groups in total. The normalized spacial score (nSPS) is 21.4. The van der Waals surface area contributed by atoms with Gasteiger partial charge in [-0.3, -0.25) is 9.48 Å². The van der Waals surface area contributed by atoms with Crippen molar-refractivity contribution in [3.63, 3.8) is 0 Å². The number of aromatic nitrogens is 5.